The molecule has 1 rings (SSSR count). The van der Waals surface area contributed by atoms with E-state index in [0.717, 1.165) is 15.8 Å². The van der Waals surface area contributed by atoms with Gasteiger partial charge in [-0.15, -0.1) is 0 Å². The van der Waals surface area contributed by atoms with Gasteiger partial charge in [0, 0.05) is 10.9 Å². The third-order valence-electron chi connectivity index (χ3n) is 2.45. The molecule has 1 aromatic carbocycles. The van der Waals surface area contributed by atoms with Crippen molar-refractivity contribution < 1.29 is 9.53 Å². The summed E-state index contributed by atoms with van der Waals surface area (Å²) in [7, 11) is 0. The van der Waals surface area contributed by atoms with Gasteiger partial charge in [-0.1, -0.05) is 15.9 Å². The van der Waals surface area contributed by atoms with Crippen molar-refractivity contribution in [2.24, 2.45) is 0 Å². The van der Waals surface area contributed by atoms with Crippen molar-refractivity contribution in [2.45, 2.75) is 26.7 Å². The zero-order chi connectivity index (χ0) is 12.1. The van der Waals surface area contributed by atoms with Gasteiger partial charge >= 0.3 is 0 Å². The number of carbonyl (C=O) groups is 1. The highest BCUT2D eigenvalue weighted by Crippen LogP contribution is 2.27. The molecule has 0 aromatic heterocycles. The second-order valence-electron chi connectivity index (χ2n) is 3.60. The van der Waals surface area contributed by atoms with E-state index < -0.39 is 0 Å². The number of hydrogen-bond acceptors (Lipinski definition) is 2. The van der Waals surface area contributed by atoms with Crippen molar-refractivity contribution in [1.29, 1.82) is 0 Å². The van der Waals surface area contributed by atoms with Crippen LogP contribution in [0, 0.1) is 13.8 Å². The van der Waals surface area contributed by atoms with Gasteiger partial charge in [0.1, 0.15) is 5.75 Å². The van der Waals surface area contributed by atoms with Crippen molar-refractivity contribution in [2.75, 3.05) is 6.61 Å². The standard InChI is InChI=1S/C12H14BrClO2/c1-8-9(2)11(6-5-10(8)13)16-7-3-4-12(14)15/h5-6H,3-4,7H2,1-2H3. The quantitative estimate of drug-likeness (QED) is 0.607. The number of carbonyl (C=O) groups excluding carboxylic acids is 1. The molecule has 0 N–H and O–H groups in total. The lowest BCUT2D eigenvalue weighted by molar-refractivity contribution is -0.111. The first-order valence-electron chi connectivity index (χ1n) is 5.09. The lowest BCUT2D eigenvalue weighted by Crippen LogP contribution is -2.01. The lowest BCUT2D eigenvalue weighted by atomic mass is 10.1. The van der Waals surface area contributed by atoms with Crippen molar-refractivity contribution in [3.05, 3.63) is 27.7 Å². The van der Waals surface area contributed by atoms with Gasteiger partial charge in [-0.05, 0) is 55.1 Å². The summed E-state index contributed by atoms with van der Waals surface area (Å²) in [4.78, 5) is 10.5. The molecule has 88 valence electrons. The SMILES string of the molecule is Cc1c(Br)ccc(OCCCC(=O)Cl)c1C. The molecule has 0 saturated carbocycles. The fraction of sp³-hybridized carbons (Fsp3) is 0.417. The molecular formula is C12H14BrClO2. The van der Waals surface area contributed by atoms with Gasteiger partial charge in [0.15, 0.2) is 0 Å². The summed E-state index contributed by atoms with van der Waals surface area (Å²) in [5, 5.41) is -0.313. The van der Waals surface area contributed by atoms with Crippen molar-refractivity contribution in [1.82, 2.24) is 0 Å². The molecule has 0 fully saturated rings. The Labute approximate surface area is 109 Å². The number of rotatable bonds is 5. The fourth-order valence-electron chi connectivity index (χ4n) is 1.31. The first-order valence-corrected chi connectivity index (χ1v) is 6.26. The van der Waals surface area contributed by atoms with Crippen LogP contribution < -0.4 is 4.74 Å². The minimum Gasteiger partial charge on any atom is -0.493 e. The summed E-state index contributed by atoms with van der Waals surface area (Å²) >= 11 is 8.70. The smallest absolute Gasteiger partial charge is 0.221 e. The molecule has 2 nitrogen and oxygen atoms in total. The van der Waals surface area contributed by atoms with Crippen molar-refractivity contribution in [3.8, 4) is 5.75 Å². The second-order valence-corrected chi connectivity index (χ2v) is 4.88. The number of hydrogen-bond donors (Lipinski definition) is 0. The average Bonchev–Trinajstić information content (AvgIpc) is 2.23. The summed E-state index contributed by atoms with van der Waals surface area (Å²) in [6.45, 7) is 4.57. The Morgan fingerprint density at radius 3 is 2.69 bits per heavy atom. The molecular weight excluding hydrogens is 291 g/mol. The fourth-order valence-corrected chi connectivity index (χ4v) is 1.88. The van der Waals surface area contributed by atoms with Crippen LogP contribution in [0.15, 0.2) is 16.6 Å². The van der Waals surface area contributed by atoms with Gasteiger partial charge < -0.3 is 4.74 Å². The molecule has 0 saturated heterocycles. The van der Waals surface area contributed by atoms with Gasteiger partial charge in [0.25, 0.3) is 0 Å². The molecule has 0 amide bonds. The monoisotopic (exact) mass is 304 g/mol. The Bertz CT molecular complexity index is 391. The van der Waals surface area contributed by atoms with Crippen LogP contribution in [-0.2, 0) is 4.79 Å². The molecule has 16 heavy (non-hydrogen) atoms. The molecule has 0 aliphatic carbocycles. The highest BCUT2D eigenvalue weighted by atomic mass is 79.9. The van der Waals surface area contributed by atoms with Crippen LogP contribution in [0.5, 0.6) is 5.75 Å². The van der Waals surface area contributed by atoms with Crippen LogP contribution >= 0.6 is 27.5 Å². The molecule has 0 unspecified atom stereocenters. The topological polar surface area (TPSA) is 26.3 Å². The van der Waals surface area contributed by atoms with Gasteiger partial charge in [0.05, 0.1) is 6.61 Å². The first-order chi connectivity index (χ1) is 7.52. The van der Waals surface area contributed by atoms with Crippen molar-refractivity contribution in [3.63, 3.8) is 0 Å². The van der Waals surface area contributed by atoms with Crippen LogP contribution in [0.2, 0.25) is 0 Å². The molecule has 0 aliphatic heterocycles. The lowest BCUT2D eigenvalue weighted by Gasteiger charge is -2.11. The summed E-state index contributed by atoms with van der Waals surface area (Å²) < 4.78 is 6.67. The molecule has 0 bridgehead atoms. The minimum absolute atomic E-state index is 0.313. The summed E-state index contributed by atoms with van der Waals surface area (Å²) in [6, 6.07) is 3.89. The van der Waals surface area contributed by atoms with Crippen molar-refractivity contribution >= 4 is 32.8 Å². The van der Waals surface area contributed by atoms with E-state index in [2.05, 4.69) is 15.9 Å². The second kappa shape index (κ2) is 6.26. The molecule has 4 heteroatoms. The predicted molar refractivity (Wildman–Crippen MR) is 69.2 cm³/mol. The van der Waals surface area contributed by atoms with E-state index in [0.29, 0.717) is 19.4 Å². The average molecular weight is 306 g/mol. The van der Waals surface area contributed by atoms with Gasteiger partial charge in [0.2, 0.25) is 5.24 Å². The normalized spacial score (nSPS) is 10.2. The molecule has 0 atom stereocenters. The van der Waals surface area contributed by atoms with Gasteiger partial charge in [-0.25, -0.2) is 0 Å². The molecule has 0 heterocycles. The zero-order valence-electron chi connectivity index (χ0n) is 9.35. The Kier molecular flexibility index (Phi) is 5.29. The van der Waals surface area contributed by atoms with Crippen LogP contribution in [0.3, 0.4) is 0 Å². The molecule has 1 aromatic rings. The van der Waals surface area contributed by atoms with E-state index in [9.17, 15) is 4.79 Å². The third-order valence-corrected chi connectivity index (χ3v) is 3.49. The predicted octanol–water partition coefficient (Wildman–Crippen LogP) is 3.99. The Morgan fingerprint density at radius 1 is 1.38 bits per heavy atom. The van der Waals surface area contributed by atoms with E-state index in [1.807, 2.05) is 26.0 Å². The first kappa shape index (κ1) is 13.5. The van der Waals surface area contributed by atoms with Crippen LogP contribution in [0.1, 0.15) is 24.0 Å². The molecule has 0 aliphatic rings. The Hall–Kier alpha value is -0.540. The maximum Gasteiger partial charge on any atom is 0.221 e. The van der Waals surface area contributed by atoms with E-state index in [1.54, 1.807) is 0 Å². The Balaban J connectivity index is 2.55. The van der Waals surface area contributed by atoms with E-state index in [4.69, 9.17) is 16.3 Å². The molecule has 0 radical (unpaired) electrons. The minimum atomic E-state index is -0.313. The Morgan fingerprint density at radius 2 is 2.06 bits per heavy atom. The maximum absolute atomic E-state index is 10.5. The van der Waals surface area contributed by atoms with Crippen LogP contribution in [0.25, 0.3) is 0 Å². The van der Waals surface area contributed by atoms with E-state index in [1.165, 1.54) is 5.56 Å². The zero-order valence-corrected chi connectivity index (χ0v) is 11.7. The van der Waals surface area contributed by atoms with Gasteiger partial charge in [-0.2, -0.15) is 0 Å². The van der Waals surface area contributed by atoms with Crippen LogP contribution in [0.4, 0.5) is 0 Å². The summed E-state index contributed by atoms with van der Waals surface area (Å²) in [5.41, 5.74) is 2.29. The summed E-state index contributed by atoms with van der Waals surface area (Å²) in [5.74, 6) is 0.864. The number of halogens is 2. The van der Waals surface area contributed by atoms with Gasteiger partial charge in [-0.3, -0.25) is 4.79 Å². The third kappa shape index (κ3) is 3.80. The highest BCUT2D eigenvalue weighted by Gasteiger charge is 2.05. The maximum atomic E-state index is 10.5. The molecule has 0 spiro atoms. The van der Waals surface area contributed by atoms with E-state index >= 15 is 0 Å². The van der Waals surface area contributed by atoms with Crippen LogP contribution in [-0.4, -0.2) is 11.8 Å². The number of ether oxygens (including phenoxy) is 1. The number of benzene rings is 1. The largest absolute Gasteiger partial charge is 0.493 e. The highest BCUT2D eigenvalue weighted by molar-refractivity contribution is 9.10. The van der Waals surface area contributed by atoms with E-state index in [-0.39, 0.29) is 5.24 Å². The summed E-state index contributed by atoms with van der Waals surface area (Å²) in [6.07, 6.45) is 1.01.